The van der Waals surface area contributed by atoms with Gasteiger partial charge < -0.3 is 20.8 Å². The Kier molecular flexibility index (Phi) is 3.19. The minimum absolute atomic E-state index is 0.00740. The van der Waals surface area contributed by atoms with E-state index < -0.39 is 0 Å². The lowest BCUT2D eigenvalue weighted by Gasteiger charge is -2.29. The standard InChI is InChI=1S/C13H17N5O2/c14-8-2-1-5-18(7-8)13-15-12(16-17-13)10-4-3-9(19)6-11(10)20/h3-4,6,8,19-20H,1-2,5,7,14H2,(H,15,16,17). The van der Waals surface area contributed by atoms with E-state index in [2.05, 4.69) is 15.2 Å². The fourth-order valence-corrected chi connectivity index (χ4v) is 2.43. The van der Waals surface area contributed by atoms with Crippen LogP contribution in [0.15, 0.2) is 18.2 Å². The number of phenolic OH excluding ortho intramolecular Hbond substituents is 2. The molecule has 7 nitrogen and oxygen atoms in total. The van der Waals surface area contributed by atoms with Crippen LogP contribution >= 0.6 is 0 Å². The third-order valence-corrected chi connectivity index (χ3v) is 3.45. The van der Waals surface area contributed by atoms with E-state index in [0.717, 1.165) is 25.9 Å². The normalized spacial score (nSPS) is 19.2. The fourth-order valence-electron chi connectivity index (χ4n) is 2.43. The van der Waals surface area contributed by atoms with Crippen molar-refractivity contribution < 1.29 is 10.2 Å². The summed E-state index contributed by atoms with van der Waals surface area (Å²) in [5, 5.41) is 26.1. The molecule has 1 atom stereocenters. The molecule has 1 unspecified atom stereocenters. The molecule has 1 aliphatic rings. The molecule has 0 amide bonds. The average molecular weight is 275 g/mol. The van der Waals surface area contributed by atoms with E-state index in [1.165, 1.54) is 12.1 Å². The molecular formula is C13H17N5O2. The van der Waals surface area contributed by atoms with Crippen molar-refractivity contribution in [3.05, 3.63) is 18.2 Å². The van der Waals surface area contributed by atoms with E-state index in [0.29, 0.717) is 17.3 Å². The summed E-state index contributed by atoms with van der Waals surface area (Å²) in [4.78, 5) is 6.42. The van der Waals surface area contributed by atoms with Crippen LogP contribution in [0.4, 0.5) is 5.95 Å². The second-order valence-electron chi connectivity index (χ2n) is 5.03. The van der Waals surface area contributed by atoms with Crippen molar-refractivity contribution >= 4 is 5.95 Å². The number of benzene rings is 1. The molecular weight excluding hydrogens is 258 g/mol. The van der Waals surface area contributed by atoms with Gasteiger partial charge in [-0.1, -0.05) is 0 Å². The Labute approximate surface area is 116 Å². The van der Waals surface area contributed by atoms with Gasteiger partial charge in [-0.2, -0.15) is 4.98 Å². The third-order valence-electron chi connectivity index (χ3n) is 3.45. The van der Waals surface area contributed by atoms with Crippen LogP contribution in [0, 0.1) is 0 Å². The second-order valence-corrected chi connectivity index (χ2v) is 5.03. The van der Waals surface area contributed by atoms with Gasteiger partial charge in [-0.3, -0.25) is 5.10 Å². The highest BCUT2D eigenvalue weighted by atomic mass is 16.3. The first-order valence-corrected chi connectivity index (χ1v) is 6.59. The highest BCUT2D eigenvalue weighted by Gasteiger charge is 2.21. The average Bonchev–Trinajstić information content (AvgIpc) is 2.88. The molecule has 0 saturated carbocycles. The summed E-state index contributed by atoms with van der Waals surface area (Å²) >= 11 is 0. The van der Waals surface area contributed by atoms with E-state index in [1.54, 1.807) is 6.07 Å². The SMILES string of the molecule is NC1CCCN(c2n[nH]c(-c3ccc(O)cc3O)n2)C1. The third kappa shape index (κ3) is 2.39. The Morgan fingerprint density at radius 1 is 1.35 bits per heavy atom. The molecule has 0 radical (unpaired) electrons. The van der Waals surface area contributed by atoms with Crippen molar-refractivity contribution in [2.75, 3.05) is 18.0 Å². The summed E-state index contributed by atoms with van der Waals surface area (Å²) < 4.78 is 0. The predicted octanol–water partition coefficient (Wildman–Crippen LogP) is 0.810. The van der Waals surface area contributed by atoms with Crippen LogP contribution in [-0.2, 0) is 0 Å². The van der Waals surface area contributed by atoms with Gasteiger partial charge >= 0.3 is 0 Å². The van der Waals surface area contributed by atoms with Crippen molar-refractivity contribution in [1.82, 2.24) is 15.2 Å². The Morgan fingerprint density at radius 3 is 2.95 bits per heavy atom. The highest BCUT2D eigenvalue weighted by molar-refractivity contribution is 5.65. The lowest BCUT2D eigenvalue weighted by Crippen LogP contribution is -2.43. The number of nitrogens with zero attached hydrogens (tertiary/aromatic N) is 3. The first-order chi connectivity index (χ1) is 9.63. The number of nitrogens with one attached hydrogen (secondary N) is 1. The molecule has 0 spiro atoms. The van der Waals surface area contributed by atoms with Gasteiger partial charge in [-0.25, -0.2) is 0 Å². The number of rotatable bonds is 2. The topological polar surface area (TPSA) is 111 Å². The summed E-state index contributed by atoms with van der Waals surface area (Å²) in [6, 6.07) is 4.51. The number of aromatic hydroxyl groups is 2. The van der Waals surface area contributed by atoms with Crippen molar-refractivity contribution in [3.63, 3.8) is 0 Å². The molecule has 1 fully saturated rings. The summed E-state index contributed by atoms with van der Waals surface area (Å²) in [6.07, 6.45) is 2.04. The van der Waals surface area contributed by atoms with Crippen LogP contribution in [0.2, 0.25) is 0 Å². The molecule has 1 aliphatic heterocycles. The van der Waals surface area contributed by atoms with E-state index in [-0.39, 0.29) is 17.5 Å². The Balaban J connectivity index is 1.86. The van der Waals surface area contributed by atoms with Gasteiger partial charge in [0.1, 0.15) is 11.5 Å². The maximum Gasteiger partial charge on any atom is 0.245 e. The number of aromatic nitrogens is 3. The lowest BCUT2D eigenvalue weighted by atomic mass is 10.1. The molecule has 2 aromatic rings. The maximum absolute atomic E-state index is 9.83. The number of nitrogens with two attached hydrogens (primary N) is 1. The minimum atomic E-state index is -0.0388. The minimum Gasteiger partial charge on any atom is -0.508 e. The Bertz CT molecular complexity index is 613. The summed E-state index contributed by atoms with van der Waals surface area (Å²) in [5.74, 6) is 1.02. The van der Waals surface area contributed by atoms with Gasteiger partial charge in [0.25, 0.3) is 0 Å². The van der Waals surface area contributed by atoms with Crippen molar-refractivity contribution in [2.24, 2.45) is 5.73 Å². The molecule has 2 heterocycles. The zero-order valence-corrected chi connectivity index (χ0v) is 11.0. The van der Waals surface area contributed by atoms with Gasteiger partial charge in [-0.15, -0.1) is 5.10 Å². The van der Waals surface area contributed by atoms with Crippen LogP contribution in [0.1, 0.15) is 12.8 Å². The zero-order valence-electron chi connectivity index (χ0n) is 11.0. The van der Waals surface area contributed by atoms with Crippen molar-refractivity contribution in [3.8, 4) is 22.9 Å². The number of phenols is 2. The van der Waals surface area contributed by atoms with Crippen molar-refractivity contribution in [1.29, 1.82) is 0 Å². The summed E-state index contributed by atoms with van der Waals surface area (Å²) in [6.45, 7) is 1.62. The molecule has 5 N–H and O–H groups in total. The quantitative estimate of drug-likeness (QED) is 0.645. The molecule has 3 rings (SSSR count). The van der Waals surface area contributed by atoms with Gasteiger partial charge in [0.05, 0.1) is 5.56 Å². The molecule has 1 saturated heterocycles. The monoisotopic (exact) mass is 275 g/mol. The zero-order chi connectivity index (χ0) is 14.1. The van der Waals surface area contributed by atoms with Crippen LogP contribution in [-0.4, -0.2) is 44.5 Å². The van der Waals surface area contributed by atoms with Crippen LogP contribution in [0.3, 0.4) is 0 Å². The molecule has 1 aromatic carbocycles. The smallest absolute Gasteiger partial charge is 0.245 e. The number of aromatic amines is 1. The Hall–Kier alpha value is -2.28. The van der Waals surface area contributed by atoms with E-state index in [9.17, 15) is 10.2 Å². The fraction of sp³-hybridized carbons (Fsp3) is 0.385. The molecule has 1 aromatic heterocycles. The van der Waals surface area contributed by atoms with Crippen LogP contribution < -0.4 is 10.6 Å². The molecule has 106 valence electrons. The first-order valence-electron chi connectivity index (χ1n) is 6.59. The molecule has 7 heteroatoms. The van der Waals surface area contributed by atoms with E-state index in [1.807, 2.05) is 4.90 Å². The predicted molar refractivity (Wildman–Crippen MR) is 74.6 cm³/mol. The van der Waals surface area contributed by atoms with Crippen LogP contribution in [0.25, 0.3) is 11.4 Å². The van der Waals surface area contributed by atoms with Gasteiger partial charge in [0, 0.05) is 25.2 Å². The highest BCUT2D eigenvalue weighted by Crippen LogP contribution is 2.30. The first kappa shape index (κ1) is 12.7. The van der Waals surface area contributed by atoms with Gasteiger partial charge in [0.15, 0.2) is 5.82 Å². The maximum atomic E-state index is 9.83. The van der Waals surface area contributed by atoms with E-state index in [4.69, 9.17) is 5.73 Å². The second kappa shape index (κ2) is 5.01. The molecule has 0 bridgehead atoms. The lowest BCUT2D eigenvalue weighted by molar-refractivity contribution is 0.451. The molecule has 0 aliphatic carbocycles. The van der Waals surface area contributed by atoms with Gasteiger partial charge in [-0.05, 0) is 25.0 Å². The number of piperidine rings is 1. The summed E-state index contributed by atoms with van der Waals surface area (Å²) in [7, 11) is 0. The number of anilines is 1. The Morgan fingerprint density at radius 2 is 2.20 bits per heavy atom. The largest absolute Gasteiger partial charge is 0.508 e. The van der Waals surface area contributed by atoms with Crippen LogP contribution in [0.5, 0.6) is 11.5 Å². The van der Waals surface area contributed by atoms with Crippen molar-refractivity contribution in [2.45, 2.75) is 18.9 Å². The van der Waals surface area contributed by atoms with E-state index >= 15 is 0 Å². The summed E-state index contributed by atoms with van der Waals surface area (Å²) in [5.41, 5.74) is 6.45. The number of hydrogen-bond acceptors (Lipinski definition) is 6. The number of hydrogen-bond donors (Lipinski definition) is 4. The molecule has 20 heavy (non-hydrogen) atoms. The number of H-pyrrole nitrogens is 1. The van der Waals surface area contributed by atoms with Gasteiger partial charge in [0.2, 0.25) is 5.95 Å².